The van der Waals surface area contributed by atoms with Crippen molar-refractivity contribution in [1.82, 2.24) is 9.55 Å². The second-order valence-corrected chi connectivity index (χ2v) is 6.31. The third kappa shape index (κ3) is 2.75. The normalized spacial score (nSPS) is 17.0. The van der Waals surface area contributed by atoms with Crippen molar-refractivity contribution >= 4 is 34.2 Å². The molecule has 102 valence electrons. The summed E-state index contributed by atoms with van der Waals surface area (Å²) in [6.07, 6.45) is 4.79. The van der Waals surface area contributed by atoms with E-state index in [-0.39, 0.29) is 0 Å². The fraction of sp³-hybridized carbons (Fsp3) is 0.533. The Labute approximate surface area is 123 Å². The van der Waals surface area contributed by atoms with Gasteiger partial charge in [-0.25, -0.2) is 4.98 Å². The summed E-state index contributed by atoms with van der Waals surface area (Å²) in [7, 11) is 0. The van der Waals surface area contributed by atoms with Gasteiger partial charge in [-0.15, -0.1) is 11.6 Å². The number of fused-ring (bicyclic) bond motifs is 1. The first-order chi connectivity index (χ1) is 9.19. The van der Waals surface area contributed by atoms with Gasteiger partial charge in [0.05, 0.1) is 11.0 Å². The van der Waals surface area contributed by atoms with Crippen molar-refractivity contribution < 1.29 is 0 Å². The van der Waals surface area contributed by atoms with Crippen LogP contribution in [0, 0.1) is 5.92 Å². The Kier molecular flexibility index (Phi) is 3.72. The Morgan fingerprint density at radius 1 is 1.42 bits per heavy atom. The molecule has 1 aromatic heterocycles. The molecule has 0 radical (unpaired) electrons. The summed E-state index contributed by atoms with van der Waals surface area (Å²) in [5.74, 6) is 2.59. The standard InChI is InChI=1S/C15H18Cl2N2/c1-10(8-11-2-3-11)19-14-9-12(17)4-5-13(14)18-15(19)6-7-16/h4-5,9-11H,2-3,6-8H2,1H3. The molecule has 2 nitrogen and oxygen atoms in total. The topological polar surface area (TPSA) is 17.8 Å². The minimum atomic E-state index is 0.467. The highest BCUT2D eigenvalue weighted by Gasteiger charge is 2.26. The fourth-order valence-electron chi connectivity index (χ4n) is 2.81. The molecule has 1 heterocycles. The second kappa shape index (κ2) is 5.34. The Morgan fingerprint density at radius 3 is 2.89 bits per heavy atom. The maximum atomic E-state index is 6.13. The number of alkyl halides is 1. The highest BCUT2D eigenvalue weighted by molar-refractivity contribution is 6.31. The molecule has 0 N–H and O–H groups in total. The number of aryl methyl sites for hydroxylation is 1. The van der Waals surface area contributed by atoms with Crippen LogP contribution in [0.25, 0.3) is 11.0 Å². The van der Waals surface area contributed by atoms with Gasteiger partial charge in [0.25, 0.3) is 0 Å². The van der Waals surface area contributed by atoms with E-state index in [2.05, 4.69) is 11.5 Å². The molecule has 0 bridgehead atoms. The SMILES string of the molecule is CC(CC1CC1)n1c(CCCl)nc2ccc(Cl)cc21. The quantitative estimate of drug-likeness (QED) is 0.723. The molecular weight excluding hydrogens is 279 g/mol. The first kappa shape index (κ1) is 13.3. The summed E-state index contributed by atoms with van der Waals surface area (Å²) in [5, 5.41) is 0.768. The van der Waals surface area contributed by atoms with E-state index in [1.165, 1.54) is 19.3 Å². The van der Waals surface area contributed by atoms with Gasteiger partial charge in [0, 0.05) is 23.4 Å². The lowest BCUT2D eigenvalue weighted by atomic mass is 10.1. The number of benzene rings is 1. The molecule has 3 rings (SSSR count). The van der Waals surface area contributed by atoms with Gasteiger partial charge >= 0.3 is 0 Å². The van der Waals surface area contributed by atoms with Crippen molar-refractivity contribution in [2.75, 3.05) is 5.88 Å². The molecule has 1 unspecified atom stereocenters. The minimum absolute atomic E-state index is 0.467. The molecule has 0 amide bonds. The highest BCUT2D eigenvalue weighted by Crippen LogP contribution is 2.38. The van der Waals surface area contributed by atoms with Crippen LogP contribution in [0.3, 0.4) is 0 Å². The largest absolute Gasteiger partial charge is 0.325 e. The molecule has 1 aromatic carbocycles. The zero-order valence-corrected chi connectivity index (χ0v) is 12.6. The average Bonchev–Trinajstić information content (AvgIpc) is 3.10. The van der Waals surface area contributed by atoms with E-state index in [4.69, 9.17) is 28.2 Å². The maximum absolute atomic E-state index is 6.13. The molecular formula is C15H18Cl2N2. The third-order valence-corrected chi connectivity index (χ3v) is 4.28. The van der Waals surface area contributed by atoms with E-state index in [1.54, 1.807) is 0 Å². The van der Waals surface area contributed by atoms with Crippen molar-refractivity contribution in [1.29, 1.82) is 0 Å². The molecule has 4 heteroatoms. The van der Waals surface area contributed by atoms with Crippen LogP contribution in [0.1, 0.15) is 38.1 Å². The van der Waals surface area contributed by atoms with Crippen LogP contribution >= 0.6 is 23.2 Å². The van der Waals surface area contributed by atoms with Crippen molar-refractivity contribution in [2.24, 2.45) is 5.92 Å². The lowest BCUT2D eigenvalue weighted by Crippen LogP contribution is -2.10. The van der Waals surface area contributed by atoms with E-state index < -0.39 is 0 Å². The Bertz CT molecular complexity index is 587. The van der Waals surface area contributed by atoms with Gasteiger partial charge in [-0.05, 0) is 37.5 Å². The first-order valence-corrected chi connectivity index (χ1v) is 7.82. The zero-order chi connectivity index (χ0) is 13.4. The van der Waals surface area contributed by atoms with Crippen molar-refractivity contribution in [2.45, 2.75) is 38.6 Å². The van der Waals surface area contributed by atoms with Crippen LogP contribution in [0.2, 0.25) is 5.02 Å². The van der Waals surface area contributed by atoms with Gasteiger partial charge in [0.15, 0.2) is 0 Å². The molecule has 1 saturated carbocycles. The van der Waals surface area contributed by atoms with E-state index >= 15 is 0 Å². The first-order valence-electron chi connectivity index (χ1n) is 6.91. The fourth-order valence-corrected chi connectivity index (χ4v) is 3.15. The lowest BCUT2D eigenvalue weighted by molar-refractivity contribution is 0.474. The molecule has 1 fully saturated rings. The predicted molar refractivity (Wildman–Crippen MR) is 81.2 cm³/mol. The van der Waals surface area contributed by atoms with E-state index in [0.717, 1.165) is 34.2 Å². The summed E-state index contributed by atoms with van der Waals surface area (Å²) >= 11 is 12.0. The number of rotatable bonds is 5. The van der Waals surface area contributed by atoms with Crippen LogP contribution in [0.4, 0.5) is 0 Å². The minimum Gasteiger partial charge on any atom is -0.325 e. The van der Waals surface area contributed by atoms with Gasteiger partial charge in [0.1, 0.15) is 5.82 Å². The summed E-state index contributed by atoms with van der Waals surface area (Å²) < 4.78 is 2.34. The van der Waals surface area contributed by atoms with E-state index in [9.17, 15) is 0 Å². The third-order valence-electron chi connectivity index (χ3n) is 3.85. The highest BCUT2D eigenvalue weighted by atomic mass is 35.5. The summed E-state index contributed by atoms with van der Waals surface area (Å²) in [5.41, 5.74) is 2.16. The Morgan fingerprint density at radius 2 is 2.21 bits per heavy atom. The molecule has 1 aliphatic rings. The van der Waals surface area contributed by atoms with Gasteiger partial charge in [-0.3, -0.25) is 0 Å². The molecule has 0 saturated heterocycles. The number of nitrogens with zero attached hydrogens (tertiary/aromatic N) is 2. The van der Waals surface area contributed by atoms with Gasteiger partial charge < -0.3 is 4.57 Å². The maximum Gasteiger partial charge on any atom is 0.111 e. The lowest BCUT2D eigenvalue weighted by Gasteiger charge is -2.17. The molecule has 2 aromatic rings. The molecule has 1 aliphatic carbocycles. The van der Waals surface area contributed by atoms with Gasteiger partial charge in [-0.2, -0.15) is 0 Å². The summed E-state index contributed by atoms with van der Waals surface area (Å²) in [6.45, 7) is 2.28. The van der Waals surface area contributed by atoms with Gasteiger partial charge in [0.2, 0.25) is 0 Å². The number of hydrogen-bond donors (Lipinski definition) is 0. The average molecular weight is 297 g/mol. The van der Waals surface area contributed by atoms with Crippen LogP contribution in [0.5, 0.6) is 0 Å². The number of halogens is 2. The van der Waals surface area contributed by atoms with E-state index in [1.807, 2.05) is 18.2 Å². The number of imidazole rings is 1. The Balaban J connectivity index is 2.05. The second-order valence-electron chi connectivity index (χ2n) is 5.50. The Hall–Kier alpha value is -0.730. The molecule has 0 spiro atoms. The molecule has 1 atom stereocenters. The van der Waals surface area contributed by atoms with Gasteiger partial charge in [-0.1, -0.05) is 24.4 Å². The van der Waals surface area contributed by atoms with Crippen LogP contribution in [-0.2, 0) is 6.42 Å². The smallest absolute Gasteiger partial charge is 0.111 e. The van der Waals surface area contributed by atoms with Crippen molar-refractivity contribution in [3.8, 4) is 0 Å². The molecule has 19 heavy (non-hydrogen) atoms. The number of aromatic nitrogens is 2. The van der Waals surface area contributed by atoms with Crippen LogP contribution in [0.15, 0.2) is 18.2 Å². The zero-order valence-electron chi connectivity index (χ0n) is 11.1. The van der Waals surface area contributed by atoms with Crippen molar-refractivity contribution in [3.63, 3.8) is 0 Å². The summed E-state index contributed by atoms with van der Waals surface area (Å²) in [6, 6.07) is 6.38. The monoisotopic (exact) mass is 296 g/mol. The predicted octanol–water partition coefficient (Wildman–Crippen LogP) is 4.83. The summed E-state index contributed by atoms with van der Waals surface area (Å²) in [4.78, 5) is 4.71. The van der Waals surface area contributed by atoms with Crippen molar-refractivity contribution in [3.05, 3.63) is 29.0 Å². The van der Waals surface area contributed by atoms with Crippen LogP contribution < -0.4 is 0 Å². The van der Waals surface area contributed by atoms with E-state index in [0.29, 0.717) is 11.9 Å². The number of hydrogen-bond acceptors (Lipinski definition) is 1. The molecule has 0 aliphatic heterocycles. The van der Waals surface area contributed by atoms with Crippen LogP contribution in [-0.4, -0.2) is 15.4 Å².